The molecule has 3 nitrogen and oxygen atoms in total. The summed E-state index contributed by atoms with van der Waals surface area (Å²) in [4.78, 5) is 6.75. The van der Waals surface area contributed by atoms with Crippen molar-refractivity contribution in [2.45, 2.75) is 19.9 Å². The minimum absolute atomic E-state index is 0.360. The zero-order valence-corrected chi connectivity index (χ0v) is 12.3. The molecule has 0 unspecified atom stereocenters. The third-order valence-corrected chi connectivity index (χ3v) is 3.34. The molecule has 0 spiro atoms. The maximum absolute atomic E-state index is 5.90. The van der Waals surface area contributed by atoms with Crippen molar-refractivity contribution in [3.8, 4) is 5.75 Å². The van der Waals surface area contributed by atoms with Crippen LogP contribution in [-0.4, -0.2) is 30.6 Å². The topological polar surface area (TPSA) is 25.4 Å². The zero-order valence-electron chi connectivity index (χ0n) is 11.6. The summed E-state index contributed by atoms with van der Waals surface area (Å²) in [6, 6.07) is 8.41. The minimum Gasteiger partial charge on any atom is -0.497 e. The SMILES string of the molecule is COc1ccc2c(N(CCCl)C(C)C)nccc2c1. The molecule has 2 rings (SSSR count). The quantitative estimate of drug-likeness (QED) is 0.780. The van der Waals surface area contributed by atoms with Crippen molar-refractivity contribution in [1.82, 2.24) is 4.98 Å². The summed E-state index contributed by atoms with van der Waals surface area (Å²) >= 11 is 5.90. The van der Waals surface area contributed by atoms with Crippen molar-refractivity contribution in [2.24, 2.45) is 0 Å². The second-order valence-electron chi connectivity index (χ2n) is 4.70. The Morgan fingerprint density at radius 2 is 2.11 bits per heavy atom. The van der Waals surface area contributed by atoms with E-state index < -0.39 is 0 Å². The molecule has 0 aliphatic rings. The van der Waals surface area contributed by atoms with Gasteiger partial charge in [0.2, 0.25) is 0 Å². The monoisotopic (exact) mass is 278 g/mol. The summed E-state index contributed by atoms with van der Waals surface area (Å²) in [6.07, 6.45) is 1.83. The number of benzene rings is 1. The molecular formula is C15H19ClN2O. The number of pyridine rings is 1. The van der Waals surface area contributed by atoms with Gasteiger partial charge in [-0.3, -0.25) is 0 Å². The normalized spacial score (nSPS) is 11.0. The van der Waals surface area contributed by atoms with Gasteiger partial charge in [0.25, 0.3) is 0 Å². The van der Waals surface area contributed by atoms with Crippen LogP contribution in [-0.2, 0) is 0 Å². The molecule has 1 heterocycles. The molecule has 0 aliphatic carbocycles. The summed E-state index contributed by atoms with van der Waals surface area (Å²) < 4.78 is 5.26. The van der Waals surface area contributed by atoms with Crippen molar-refractivity contribution in [3.63, 3.8) is 0 Å². The minimum atomic E-state index is 0.360. The predicted molar refractivity (Wildman–Crippen MR) is 81.5 cm³/mol. The van der Waals surface area contributed by atoms with Gasteiger partial charge < -0.3 is 9.64 Å². The Labute approximate surface area is 119 Å². The highest BCUT2D eigenvalue weighted by atomic mass is 35.5. The molecule has 0 saturated carbocycles. The summed E-state index contributed by atoms with van der Waals surface area (Å²) in [5, 5.41) is 2.26. The largest absolute Gasteiger partial charge is 0.497 e. The molecule has 1 aromatic heterocycles. The van der Waals surface area contributed by atoms with Crippen molar-refractivity contribution < 1.29 is 4.74 Å². The summed E-state index contributed by atoms with van der Waals surface area (Å²) in [5.74, 6) is 2.43. The van der Waals surface area contributed by atoms with Crippen LogP contribution in [0.5, 0.6) is 5.75 Å². The van der Waals surface area contributed by atoms with E-state index in [1.807, 2.05) is 24.4 Å². The molecule has 0 fully saturated rings. The summed E-state index contributed by atoms with van der Waals surface area (Å²) in [7, 11) is 1.68. The van der Waals surface area contributed by atoms with Gasteiger partial charge in [0.15, 0.2) is 0 Å². The number of alkyl halides is 1. The molecule has 0 bridgehead atoms. The first-order valence-corrected chi connectivity index (χ1v) is 6.96. The molecule has 0 saturated heterocycles. The fraction of sp³-hybridized carbons (Fsp3) is 0.400. The first-order chi connectivity index (χ1) is 9.17. The molecular weight excluding hydrogens is 260 g/mol. The zero-order chi connectivity index (χ0) is 13.8. The molecule has 4 heteroatoms. The van der Waals surface area contributed by atoms with E-state index in [0.29, 0.717) is 11.9 Å². The van der Waals surface area contributed by atoms with Gasteiger partial charge in [-0.25, -0.2) is 4.98 Å². The van der Waals surface area contributed by atoms with Crippen molar-refractivity contribution in [3.05, 3.63) is 30.5 Å². The Bertz CT molecular complexity index is 557. The number of ether oxygens (including phenoxy) is 1. The Balaban J connectivity index is 2.53. The van der Waals surface area contributed by atoms with E-state index in [2.05, 4.69) is 29.8 Å². The number of halogens is 1. The standard InChI is InChI=1S/C15H19ClN2O/c1-11(2)18(9-7-16)15-14-5-4-13(19-3)10-12(14)6-8-17-15/h4-6,8,10-11H,7,9H2,1-3H3. The highest BCUT2D eigenvalue weighted by molar-refractivity contribution is 6.18. The second-order valence-corrected chi connectivity index (χ2v) is 5.08. The van der Waals surface area contributed by atoms with E-state index in [1.54, 1.807) is 7.11 Å². The maximum atomic E-state index is 5.90. The number of nitrogens with zero attached hydrogens (tertiary/aromatic N) is 2. The Morgan fingerprint density at radius 1 is 1.32 bits per heavy atom. The maximum Gasteiger partial charge on any atom is 0.136 e. The van der Waals surface area contributed by atoms with Gasteiger partial charge >= 0.3 is 0 Å². The highest BCUT2D eigenvalue weighted by Crippen LogP contribution is 2.28. The van der Waals surface area contributed by atoms with Gasteiger partial charge in [0, 0.05) is 30.0 Å². The van der Waals surface area contributed by atoms with Crippen molar-refractivity contribution in [2.75, 3.05) is 24.4 Å². The number of fused-ring (bicyclic) bond motifs is 1. The molecule has 0 N–H and O–H groups in total. The molecule has 0 amide bonds. The van der Waals surface area contributed by atoms with E-state index in [4.69, 9.17) is 16.3 Å². The lowest BCUT2D eigenvalue weighted by atomic mass is 10.1. The van der Waals surface area contributed by atoms with Crippen LogP contribution in [0.1, 0.15) is 13.8 Å². The van der Waals surface area contributed by atoms with Gasteiger partial charge in [-0.15, -0.1) is 11.6 Å². The predicted octanol–water partition coefficient (Wildman–Crippen LogP) is 3.70. The number of anilines is 1. The molecule has 2 aromatic rings. The summed E-state index contributed by atoms with van der Waals surface area (Å²) in [5.41, 5.74) is 0. The lowest BCUT2D eigenvalue weighted by Gasteiger charge is -2.28. The Morgan fingerprint density at radius 3 is 2.74 bits per heavy atom. The molecule has 0 atom stereocenters. The van der Waals surface area contributed by atoms with E-state index in [1.165, 1.54) is 0 Å². The van der Waals surface area contributed by atoms with Crippen LogP contribution in [0.2, 0.25) is 0 Å². The molecule has 0 aliphatic heterocycles. The van der Waals surface area contributed by atoms with Crippen LogP contribution in [0, 0.1) is 0 Å². The fourth-order valence-corrected chi connectivity index (χ4v) is 2.38. The molecule has 102 valence electrons. The van der Waals surface area contributed by atoms with E-state index >= 15 is 0 Å². The van der Waals surface area contributed by atoms with Crippen molar-refractivity contribution in [1.29, 1.82) is 0 Å². The first-order valence-electron chi connectivity index (χ1n) is 6.42. The first kappa shape index (κ1) is 13.9. The third kappa shape index (κ3) is 2.92. The molecule has 1 aromatic carbocycles. The number of aromatic nitrogens is 1. The van der Waals surface area contributed by atoms with E-state index in [9.17, 15) is 0 Å². The van der Waals surface area contributed by atoms with Crippen LogP contribution in [0.25, 0.3) is 10.8 Å². The number of rotatable bonds is 5. The van der Waals surface area contributed by atoms with Gasteiger partial charge in [0.1, 0.15) is 11.6 Å². The lowest BCUT2D eigenvalue weighted by Crippen LogP contribution is -2.33. The summed E-state index contributed by atoms with van der Waals surface area (Å²) in [6.45, 7) is 5.09. The van der Waals surface area contributed by atoms with Crippen LogP contribution >= 0.6 is 11.6 Å². The fourth-order valence-electron chi connectivity index (χ4n) is 2.20. The highest BCUT2D eigenvalue weighted by Gasteiger charge is 2.14. The Hall–Kier alpha value is -1.48. The lowest BCUT2D eigenvalue weighted by molar-refractivity contribution is 0.415. The van der Waals surface area contributed by atoms with Crippen LogP contribution in [0.4, 0.5) is 5.82 Å². The number of hydrogen-bond donors (Lipinski definition) is 0. The Kier molecular flexibility index (Phi) is 4.48. The molecule has 19 heavy (non-hydrogen) atoms. The van der Waals surface area contributed by atoms with E-state index in [0.717, 1.165) is 28.9 Å². The van der Waals surface area contributed by atoms with Crippen LogP contribution in [0.15, 0.2) is 30.5 Å². The van der Waals surface area contributed by atoms with E-state index in [-0.39, 0.29) is 0 Å². The smallest absolute Gasteiger partial charge is 0.136 e. The van der Waals surface area contributed by atoms with Crippen LogP contribution < -0.4 is 9.64 Å². The average molecular weight is 279 g/mol. The second kappa shape index (κ2) is 6.11. The van der Waals surface area contributed by atoms with Crippen molar-refractivity contribution >= 4 is 28.2 Å². The van der Waals surface area contributed by atoms with Gasteiger partial charge in [-0.05, 0) is 43.5 Å². The van der Waals surface area contributed by atoms with Crippen LogP contribution in [0.3, 0.4) is 0 Å². The number of hydrogen-bond acceptors (Lipinski definition) is 3. The molecule has 0 radical (unpaired) electrons. The number of methoxy groups -OCH3 is 1. The van der Waals surface area contributed by atoms with Gasteiger partial charge in [-0.2, -0.15) is 0 Å². The average Bonchev–Trinajstić information content (AvgIpc) is 2.43. The third-order valence-electron chi connectivity index (χ3n) is 3.17. The van der Waals surface area contributed by atoms with Gasteiger partial charge in [0.05, 0.1) is 7.11 Å². The van der Waals surface area contributed by atoms with Gasteiger partial charge in [-0.1, -0.05) is 0 Å².